The van der Waals surface area contributed by atoms with Crippen LogP contribution in [0, 0.1) is 0 Å². The van der Waals surface area contributed by atoms with Crippen LogP contribution in [-0.2, 0) is 21.1 Å². The molecule has 0 aliphatic carbocycles. The lowest BCUT2D eigenvalue weighted by atomic mass is 10.0. The van der Waals surface area contributed by atoms with E-state index in [1.807, 2.05) is 24.3 Å². The Balaban J connectivity index is 1.88. The maximum Gasteiger partial charge on any atom is 0.250 e. The van der Waals surface area contributed by atoms with Crippen LogP contribution in [0.1, 0.15) is 17.5 Å². The molecule has 2 aromatic carbocycles. The van der Waals surface area contributed by atoms with Crippen molar-refractivity contribution >= 4 is 43.4 Å². The molecule has 25 heavy (non-hydrogen) atoms. The highest BCUT2D eigenvalue weighted by Gasteiger charge is 2.22. The number of amides is 1. The number of hydrogen-bond acceptors (Lipinski definition) is 3. The van der Waals surface area contributed by atoms with E-state index in [1.54, 1.807) is 35.3 Å². The summed E-state index contributed by atoms with van der Waals surface area (Å²) in [6.07, 6.45) is 6.12. The largest absolute Gasteiger partial charge is 0.309 e. The Morgan fingerprint density at radius 2 is 1.96 bits per heavy atom. The van der Waals surface area contributed by atoms with Crippen molar-refractivity contribution in [2.75, 3.05) is 17.7 Å². The fraction of sp³-hybridized carbons (Fsp3) is 0.211. The average molecular weight is 420 g/mol. The molecule has 3 rings (SSSR count). The first kappa shape index (κ1) is 17.9. The summed E-state index contributed by atoms with van der Waals surface area (Å²) < 4.78 is 24.4. The number of hydrogen-bond donors (Lipinski definition) is 0. The third kappa shape index (κ3) is 4.02. The molecule has 0 atom stereocenters. The van der Waals surface area contributed by atoms with Gasteiger partial charge in [0.2, 0.25) is 0 Å². The number of anilines is 1. The molecule has 0 bridgehead atoms. The first-order valence-electron chi connectivity index (χ1n) is 7.93. The first-order valence-corrected chi connectivity index (χ1v) is 10.6. The van der Waals surface area contributed by atoms with E-state index in [0.29, 0.717) is 11.4 Å². The van der Waals surface area contributed by atoms with Crippen molar-refractivity contribution in [3.8, 4) is 0 Å². The number of carbonyl (C=O) groups excluding carboxylic acids is 1. The van der Waals surface area contributed by atoms with E-state index in [4.69, 9.17) is 0 Å². The molecule has 1 amide bonds. The fourth-order valence-electron chi connectivity index (χ4n) is 2.89. The molecule has 2 aromatic rings. The SMILES string of the molecule is CS(=O)(=O)c1ccc2c(c1)CCCN2C(=O)C=Cc1ccccc1Br. The summed E-state index contributed by atoms with van der Waals surface area (Å²) >= 11 is 3.46. The summed E-state index contributed by atoms with van der Waals surface area (Å²) in [4.78, 5) is 14.6. The van der Waals surface area contributed by atoms with Gasteiger partial charge in [-0.1, -0.05) is 34.1 Å². The lowest BCUT2D eigenvalue weighted by molar-refractivity contribution is -0.114. The van der Waals surface area contributed by atoms with Gasteiger partial charge in [-0.3, -0.25) is 4.79 Å². The minimum atomic E-state index is -3.25. The molecule has 6 heteroatoms. The summed E-state index contributed by atoms with van der Waals surface area (Å²) in [5.41, 5.74) is 2.62. The predicted octanol–water partition coefficient (Wildman–Crippen LogP) is 3.85. The van der Waals surface area contributed by atoms with Crippen LogP contribution in [0.4, 0.5) is 5.69 Å². The molecule has 1 aliphatic rings. The molecule has 0 fully saturated rings. The summed E-state index contributed by atoms with van der Waals surface area (Å²) in [6, 6.07) is 12.7. The minimum absolute atomic E-state index is 0.108. The summed E-state index contributed by atoms with van der Waals surface area (Å²) in [5.74, 6) is -0.108. The second kappa shape index (κ2) is 7.14. The van der Waals surface area contributed by atoms with Gasteiger partial charge < -0.3 is 4.90 Å². The highest BCUT2D eigenvalue weighted by Crippen LogP contribution is 2.30. The molecule has 0 N–H and O–H groups in total. The van der Waals surface area contributed by atoms with Crippen molar-refractivity contribution in [2.45, 2.75) is 17.7 Å². The van der Waals surface area contributed by atoms with Crippen LogP contribution in [0.25, 0.3) is 6.08 Å². The lowest BCUT2D eigenvalue weighted by Crippen LogP contribution is -2.34. The number of benzene rings is 2. The van der Waals surface area contributed by atoms with Gasteiger partial charge in [0, 0.05) is 29.0 Å². The third-order valence-electron chi connectivity index (χ3n) is 4.17. The second-order valence-electron chi connectivity index (χ2n) is 6.01. The Morgan fingerprint density at radius 1 is 1.20 bits per heavy atom. The summed E-state index contributed by atoms with van der Waals surface area (Å²) in [7, 11) is -3.25. The Bertz CT molecular complexity index is 951. The average Bonchev–Trinajstić information content (AvgIpc) is 2.59. The Labute approximate surface area is 156 Å². The molecule has 1 heterocycles. The number of halogens is 1. The normalized spacial score (nSPS) is 14.6. The van der Waals surface area contributed by atoms with Crippen molar-refractivity contribution in [1.82, 2.24) is 0 Å². The van der Waals surface area contributed by atoms with E-state index in [9.17, 15) is 13.2 Å². The van der Waals surface area contributed by atoms with Crippen molar-refractivity contribution in [1.29, 1.82) is 0 Å². The Morgan fingerprint density at radius 3 is 2.68 bits per heavy atom. The molecule has 0 unspecified atom stereocenters. The smallest absolute Gasteiger partial charge is 0.250 e. The molecule has 0 spiro atoms. The van der Waals surface area contributed by atoms with Crippen molar-refractivity contribution < 1.29 is 13.2 Å². The number of rotatable bonds is 3. The maximum atomic E-state index is 12.6. The third-order valence-corrected chi connectivity index (χ3v) is 6.01. The van der Waals surface area contributed by atoms with E-state index in [1.165, 1.54) is 6.26 Å². The van der Waals surface area contributed by atoms with E-state index in [0.717, 1.165) is 34.1 Å². The molecule has 0 radical (unpaired) electrons. The summed E-state index contributed by atoms with van der Waals surface area (Å²) in [6.45, 7) is 0.629. The van der Waals surface area contributed by atoms with Crippen molar-refractivity contribution in [2.24, 2.45) is 0 Å². The van der Waals surface area contributed by atoms with Crippen LogP contribution >= 0.6 is 15.9 Å². The first-order chi connectivity index (χ1) is 11.9. The second-order valence-corrected chi connectivity index (χ2v) is 8.88. The molecular weight excluding hydrogens is 402 g/mol. The standard InChI is InChI=1S/C19H18BrNO3S/c1-25(23,24)16-9-10-18-15(13-16)6-4-12-21(18)19(22)11-8-14-5-2-3-7-17(14)20/h2-3,5,7-11,13H,4,6,12H2,1H3. The van der Waals surface area contributed by atoms with Gasteiger partial charge in [-0.2, -0.15) is 0 Å². The number of sulfone groups is 1. The van der Waals surface area contributed by atoms with E-state index in [2.05, 4.69) is 15.9 Å². The Hall–Kier alpha value is -1.92. The number of carbonyl (C=O) groups is 1. The number of nitrogens with zero attached hydrogens (tertiary/aromatic N) is 1. The van der Waals surface area contributed by atoms with E-state index < -0.39 is 9.84 Å². The molecule has 0 saturated heterocycles. The molecule has 130 valence electrons. The van der Waals surface area contributed by atoms with Crippen LogP contribution in [0.15, 0.2) is 57.9 Å². The predicted molar refractivity (Wildman–Crippen MR) is 103 cm³/mol. The van der Waals surface area contributed by atoms with Gasteiger partial charge >= 0.3 is 0 Å². The Kier molecular flexibility index (Phi) is 5.11. The monoisotopic (exact) mass is 419 g/mol. The van der Waals surface area contributed by atoms with E-state index >= 15 is 0 Å². The zero-order valence-electron chi connectivity index (χ0n) is 13.8. The number of fused-ring (bicyclic) bond motifs is 1. The van der Waals surface area contributed by atoms with E-state index in [-0.39, 0.29) is 5.91 Å². The lowest BCUT2D eigenvalue weighted by Gasteiger charge is -2.29. The summed E-state index contributed by atoms with van der Waals surface area (Å²) in [5, 5.41) is 0. The molecule has 1 aliphatic heterocycles. The van der Waals surface area contributed by atoms with Gasteiger partial charge in [0.15, 0.2) is 9.84 Å². The van der Waals surface area contributed by atoms with Crippen molar-refractivity contribution in [3.05, 3.63) is 64.1 Å². The van der Waals surface area contributed by atoms with Gasteiger partial charge in [0.25, 0.3) is 5.91 Å². The van der Waals surface area contributed by atoms with Crippen LogP contribution in [0.5, 0.6) is 0 Å². The minimum Gasteiger partial charge on any atom is -0.309 e. The zero-order valence-corrected chi connectivity index (χ0v) is 16.2. The molecular formula is C19H18BrNO3S. The van der Waals surface area contributed by atoms with Crippen LogP contribution in [0.3, 0.4) is 0 Å². The van der Waals surface area contributed by atoms with Crippen LogP contribution < -0.4 is 4.90 Å². The zero-order chi connectivity index (χ0) is 18.0. The topological polar surface area (TPSA) is 54.5 Å². The quantitative estimate of drug-likeness (QED) is 0.709. The highest BCUT2D eigenvalue weighted by molar-refractivity contribution is 9.10. The van der Waals surface area contributed by atoms with Crippen LogP contribution in [-0.4, -0.2) is 27.1 Å². The fourth-order valence-corrected chi connectivity index (χ4v) is 3.98. The van der Waals surface area contributed by atoms with Gasteiger partial charge in [0.1, 0.15) is 0 Å². The van der Waals surface area contributed by atoms with Gasteiger partial charge in [0.05, 0.1) is 4.90 Å². The maximum absolute atomic E-state index is 12.6. The van der Waals surface area contributed by atoms with Crippen LogP contribution in [0.2, 0.25) is 0 Å². The molecule has 4 nitrogen and oxygen atoms in total. The molecule has 0 aromatic heterocycles. The number of aryl methyl sites for hydroxylation is 1. The van der Waals surface area contributed by atoms with Gasteiger partial charge in [-0.15, -0.1) is 0 Å². The van der Waals surface area contributed by atoms with Gasteiger partial charge in [-0.05, 0) is 54.3 Å². The van der Waals surface area contributed by atoms with Crippen molar-refractivity contribution in [3.63, 3.8) is 0 Å². The highest BCUT2D eigenvalue weighted by atomic mass is 79.9. The molecule has 0 saturated carbocycles. The van der Waals surface area contributed by atoms with Gasteiger partial charge in [-0.25, -0.2) is 8.42 Å².